The summed E-state index contributed by atoms with van der Waals surface area (Å²) in [6, 6.07) is 7.44. The van der Waals surface area contributed by atoms with Crippen molar-refractivity contribution in [1.29, 1.82) is 0 Å². The maximum absolute atomic E-state index is 13.0. The Morgan fingerprint density at radius 1 is 1.28 bits per heavy atom. The van der Waals surface area contributed by atoms with Gasteiger partial charge in [-0.05, 0) is 38.0 Å². The van der Waals surface area contributed by atoms with Gasteiger partial charge in [-0.25, -0.2) is 0 Å². The topological polar surface area (TPSA) is 66.7 Å². The lowest BCUT2D eigenvalue weighted by Crippen LogP contribution is -2.38. The van der Waals surface area contributed by atoms with Crippen molar-refractivity contribution in [2.45, 2.75) is 26.3 Å². The fourth-order valence-electron chi connectivity index (χ4n) is 3.93. The van der Waals surface area contributed by atoms with E-state index >= 15 is 0 Å². The molecule has 4 heterocycles. The number of hydrogen-bond donors (Lipinski definition) is 0. The highest BCUT2D eigenvalue weighted by Gasteiger charge is 2.51. The van der Waals surface area contributed by atoms with Crippen LogP contribution in [0.3, 0.4) is 0 Å². The zero-order valence-electron chi connectivity index (χ0n) is 14.3. The quantitative estimate of drug-likeness (QED) is 0.860. The van der Waals surface area contributed by atoms with E-state index in [1.807, 2.05) is 23.1 Å². The number of aromatic nitrogens is 1. The van der Waals surface area contributed by atoms with Crippen LogP contribution in [0.1, 0.15) is 34.7 Å². The maximum Gasteiger partial charge on any atom is 0.257 e. The molecule has 2 fully saturated rings. The molecule has 0 unspecified atom stereocenters. The predicted octanol–water partition coefficient (Wildman–Crippen LogP) is 2.25. The SMILES string of the molecule is Cc1occc1C(=O)N1CC[C@]2(CCN(Cc3ccccn3)C2=O)C1. The number of rotatable bonds is 3. The molecule has 0 aliphatic carbocycles. The Morgan fingerprint density at radius 2 is 2.12 bits per heavy atom. The summed E-state index contributed by atoms with van der Waals surface area (Å²) in [5.74, 6) is 0.733. The molecule has 2 aliphatic heterocycles. The van der Waals surface area contributed by atoms with E-state index in [4.69, 9.17) is 4.42 Å². The second kappa shape index (κ2) is 6.02. The van der Waals surface area contributed by atoms with Crippen molar-refractivity contribution < 1.29 is 14.0 Å². The molecule has 2 aliphatic rings. The minimum absolute atomic E-state index is 0.0425. The van der Waals surface area contributed by atoms with Gasteiger partial charge in [-0.1, -0.05) is 6.07 Å². The molecule has 2 aromatic rings. The molecule has 1 atom stereocenters. The van der Waals surface area contributed by atoms with Gasteiger partial charge in [-0.2, -0.15) is 0 Å². The van der Waals surface area contributed by atoms with Crippen molar-refractivity contribution in [3.63, 3.8) is 0 Å². The van der Waals surface area contributed by atoms with Gasteiger partial charge >= 0.3 is 0 Å². The van der Waals surface area contributed by atoms with Gasteiger partial charge in [-0.15, -0.1) is 0 Å². The van der Waals surface area contributed by atoms with Crippen LogP contribution in [0, 0.1) is 12.3 Å². The van der Waals surface area contributed by atoms with Crippen LogP contribution < -0.4 is 0 Å². The summed E-state index contributed by atoms with van der Waals surface area (Å²) in [4.78, 5) is 33.7. The Labute approximate surface area is 146 Å². The zero-order chi connectivity index (χ0) is 17.4. The molecule has 130 valence electrons. The van der Waals surface area contributed by atoms with E-state index in [0.29, 0.717) is 31.0 Å². The van der Waals surface area contributed by atoms with Crippen LogP contribution in [0.4, 0.5) is 0 Å². The first-order valence-electron chi connectivity index (χ1n) is 8.62. The minimum atomic E-state index is -0.428. The molecular weight excluding hydrogens is 318 g/mol. The summed E-state index contributed by atoms with van der Waals surface area (Å²) in [6.45, 7) is 4.16. The summed E-state index contributed by atoms with van der Waals surface area (Å²) < 4.78 is 5.24. The van der Waals surface area contributed by atoms with E-state index in [1.165, 1.54) is 6.26 Å². The number of carbonyl (C=O) groups is 2. The van der Waals surface area contributed by atoms with Gasteiger partial charge in [0.2, 0.25) is 5.91 Å². The van der Waals surface area contributed by atoms with Crippen LogP contribution >= 0.6 is 0 Å². The third-order valence-electron chi connectivity index (χ3n) is 5.41. The van der Waals surface area contributed by atoms with E-state index < -0.39 is 5.41 Å². The maximum atomic E-state index is 13.0. The molecule has 2 amide bonds. The summed E-state index contributed by atoms with van der Waals surface area (Å²) in [5.41, 5.74) is 1.06. The Bertz CT molecular complexity index is 801. The number of hydrogen-bond acceptors (Lipinski definition) is 4. The summed E-state index contributed by atoms with van der Waals surface area (Å²) in [6.07, 6.45) is 4.80. The number of pyridine rings is 1. The van der Waals surface area contributed by atoms with Gasteiger partial charge in [0, 0.05) is 25.8 Å². The highest BCUT2D eigenvalue weighted by molar-refractivity contribution is 5.96. The fraction of sp³-hybridized carbons (Fsp3) is 0.421. The normalized spacial score (nSPS) is 23.0. The zero-order valence-corrected chi connectivity index (χ0v) is 14.3. The highest BCUT2D eigenvalue weighted by atomic mass is 16.3. The molecular formula is C19H21N3O3. The van der Waals surface area contributed by atoms with Crippen LogP contribution in [0.25, 0.3) is 0 Å². The average Bonchev–Trinajstić information content (AvgIpc) is 3.32. The molecule has 25 heavy (non-hydrogen) atoms. The lowest BCUT2D eigenvalue weighted by atomic mass is 9.85. The first-order valence-corrected chi connectivity index (χ1v) is 8.62. The number of carbonyl (C=O) groups excluding carboxylic acids is 2. The van der Waals surface area contributed by atoms with E-state index in [9.17, 15) is 9.59 Å². The van der Waals surface area contributed by atoms with E-state index in [-0.39, 0.29) is 11.8 Å². The molecule has 2 saturated heterocycles. The standard InChI is InChI=1S/C19H21N3O3/c1-14-16(5-11-25-14)17(23)22-10-7-19(13-22)6-9-21(18(19)24)12-15-4-2-3-8-20-15/h2-5,8,11H,6-7,9-10,12-13H2,1H3/t19-/m1/s1. The fourth-order valence-corrected chi connectivity index (χ4v) is 3.93. The molecule has 4 rings (SSSR count). The molecule has 2 aromatic heterocycles. The van der Waals surface area contributed by atoms with Gasteiger partial charge in [0.25, 0.3) is 5.91 Å². The van der Waals surface area contributed by atoms with Gasteiger partial charge < -0.3 is 14.2 Å². The van der Waals surface area contributed by atoms with Crippen molar-refractivity contribution in [2.75, 3.05) is 19.6 Å². The van der Waals surface area contributed by atoms with Crippen LogP contribution in [0.5, 0.6) is 0 Å². The second-order valence-electron chi connectivity index (χ2n) is 6.95. The van der Waals surface area contributed by atoms with Crippen LogP contribution in [0.2, 0.25) is 0 Å². The van der Waals surface area contributed by atoms with Crippen molar-refractivity contribution in [3.8, 4) is 0 Å². The average molecular weight is 339 g/mol. The van der Waals surface area contributed by atoms with Crippen molar-refractivity contribution >= 4 is 11.8 Å². The monoisotopic (exact) mass is 339 g/mol. The second-order valence-corrected chi connectivity index (χ2v) is 6.95. The molecule has 0 saturated carbocycles. The van der Waals surface area contributed by atoms with Crippen LogP contribution in [-0.2, 0) is 11.3 Å². The number of amides is 2. The first kappa shape index (κ1) is 15.9. The molecule has 6 nitrogen and oxygen atoms in total. The highest BCUT2D eigenvalue weighted by Crippen LogP contribution is 2.41. The minimum Gasteiger partial charge on any atom is -0.469 e. The molecule has 1 spiro atoms. The lowest BCUT2D eigenvalue weighted by molar-refractivity contribution is -0.135. The number of furan rings is 1. The van der Waals surface area contributed by atoms with Crippen LogP contribution in [0.15, 0.2) is 41.1 Å². The Balaban J connectivity index is 1.46. The largest absolute Gasteiger partial charge is 0.469 e. The van der Waals surface area contributed by atoms with Gasteiger partial charge in [0.1, 0.15) is 5.76 Å². The molecule has 0 N–H and O–H groups in total. The van der Waals surface area contributed by atoms with Crippen molar-refractivity contribution in [3.05, 3.63) is 53.7 Å². The summed E-state index contributed by atoms with van der Waals surface area (Å²) in [7, 11) is 0. The lowest BCUT2D eigenvalue weighted by Gasteiger charge is -2.23. The molecule has 6 heteroatoms. The number of aryl methyl sites for hydroxylation is 1. The Morgan fingerprint density at radius 3 is 2.84 bits per heavy atom. The first-order chi connectivity index (χ1) is 12.1. The van der Waals surface area contributed by atoms with E-state index in [2.05, 4.69) is 4.98 Å². The molecule has 0 aromatic carbocycles. The third kappa shape index (κ3) is 2.71. The smallest absolute Gasteiger partial charge is 0.257 e. The molecule has 0 radical (unpaired) electrons. The van der Waals surface area contributed by atoms with Gasteiger partial charge in [0.15, 0.2) is 0 Å². The number of likely N-dealkylation sites (tertiary alicyclic amines) is 2. The predicted molar refractivity (Wildman–Crippen MR) is 90.7 cm³/mol. The van der Waals surface area contributed by atoms with Crippen LogP contribution in [-0.4, -0.2) is 46.2 Å². The summed E-state index contributed by atoms with van der Waals surface area (Å²) in [5, 5.41) is 0. The Hall–Kier alpha value is -2.63. The Kier molecular flexibility index (Phi) is 3.82. The summed E-state index contributed by atoms with van der Waals surface area (Å²) >= 11 is 0. The third-order valence-corrected chi connectivity index (χ3v) is 5.41. The van der Waals surface area contributed by atoms with Gasteiger partial charge in [0.05, 0.1) is 29.5 Å². The van der Waals surface area contributed by atoms with Crippen molar-refractivity contribution in [1.82, 2.24) is 14.8 Å². The van der Waals surface area contributed by atoms with E-state index in [0.717, 1.165) is 25.1 Å². The number of nitrogens with zero attached hydrogens (tertiary/aromatic N) is 3. The van der Waals surface area contributed by atoms with Gasteiger partial charge in [-0.3, -0.25) is 14.6 Å². The van der Waals surface area contributed by atoms with Crippen molar-refractivity contribution in [2.24, 2.45) is 5.41 Å². The van der Waals surface area contributed by atoms with E-state index in [1.54, 1.807) is 24.1 Å². The molecule has 0 bridgehead atoms.